The minimum atomic E-state index is -0.168. The van der Waals surface area contributed by atoms with Gasteiger partial charge in [0.05, 0.1) is 0 Å². The zero-order valence-electron chi connectivity index (χ0n) is 12.4. The Morgan fingerprint density at radius 2 is 1.75 bits per heavy atom. The van der Waals surface area contributed by atoms with Gasteiger partial charge in [-0.25, -0.2) is 4.39 Å². The van der Waals surface area contributed by atoms with E-state index in [1.807, 2.05) is 30.3 Å². The van der Waals surface area contributed by atoms with Crippen LogP contribution in [0.1, 0.15) is 51.1 Å². The molecule has 0 aliphatic heterocycles. The van der Waals surface area contributed by atoms with Crippen molar-refractivity contribution in [3.63, 3.8) is 0 Å². The number of fused-ring (bicyclic) bond motifs is 1. The van der Waals surface area contributed by atoms with Gasteiger partial charge in [-0.05, 0) is 29.4 Å². The summed E-state index contributed by atoms with van der Waals surface area (Å²) in [6, 6.07) is 11.0. The molecule has 2 aromatic rings. The predicted octanol–water partition coefficient (Wildman–Crippen LogP) is 5.20. The fourth-order valence-electron chi connectivity index (χ4n) is 2.93. The molecule has 0 saturated carbocycles. The second-order valence-electron chi connectivity index (χ2n) is 5.52. The Kier molecular flexibility index (Phi) is 5.13. The van der Waals surface area contributed by atoms with Crippen LogP contribution >= 0.6 is 0 Å². The number of benzene rings is 2. The summed E-state index contributed by atoms with van der Waals surface area (Å²) < 4.78 is 13.9. The van der Waals surface area contributed by atoms with Gasteiger partial charge in [-0.3, -0.25) is 0 Å². The maximum absolute atomic E-state index is 13.9. The monoisotopic (exact) mass is 273 g/mol. The lowest BCUT2D eigenvalue weighted by Gasteiger charge is -2.24. The zero-order chi connectivity index (χ0) is 14.5. The summed E-state index contributed by atoms with van der Waals surface area (Å²) in [5, 5.41) is 1.63. The first-order chi connectivity index (χ1) is 9.69. The molecule has 2 N–H and O–H groups in total. The van der Waals surface area contributed by atoms with Crippen molar-refractivity contribution in [1.29, 1.82) is 0 Å². The molecule has 20 heavy (non-hydrogen) atoms. The Balaban J connectivity index is 2.38. The fourth-order valence-corrected chi connectivity index (χ4v) is 2.93. The molecule has 0 bridgehead atoms. The van der Waals surface area contributed by atoms with Gasteiger partial charge in [-0.15, -0.1) is 0 Å². The van der Waals surface area contributed by atoms with Crippen LogP contribution < -0.4 is 5.73 Å². The average Bonchev–Trinajstić information content (AvgIpc) is 2.48. The number of rotatable bonds is 6. The molecular formula is C18H24FN. The van der Waals surface area contributed by atoms with Crippen LogP contribution in [0.4, 0.5) is 4.39 Å². The summed E-state index contributed by atoms with van der Waals surface area (Å²) >= 11 is 0. The molecule has 108 valence electrons. The van der Waals surface area contributed by atoms with Gasteiger partial charge >= 0.3 is 0 Å². The lowest BCUT2D eigenvalue weighted by atomic mass is 9.85. The van der Waals surface area contributed by atoms with Gasteiger partial charge < -0.3 is 5.73 Å². The topological polar surface area (TPSA) is 26.0 Å². The van der Waals surface area contributed by atoms with Gasteiger partial charge in [0, 0.05) is 11.4 Å². The normalized spacial score (nSPS) is 14.4. The first-order valence-corrected chi connectivity index (χ1v) is 7.61. The number of halogens is 1. The molecule has 0 saturated heterocycles. The SMILES string of the molecule is CCCCC(CC)C(N)c1ccc(F)c2ccccc12. The molecule has 2 aromatic carbocycles. The van der Waals surface area contributed by atoms with Crippen molar-refractivity contribution < 1.29 is 4.39 Å². The minimum Gasteiger partial charge on any atom is -0.324 e. The van der Waals surface area contributed by atoms with Crippen LogP contribution in [0.3, 0.4) is 0 Å². The highest BCUT2D eigenvalue weighted by Crippen LogP contribution is 2.32. The summed E-state index contributed by atoms with van der Waals surface area (Å²) in [7, 11) is 0. The van der Waals surface area contributed by atoms with Crippen LogP contribution in [0.25, 0.3) is 10.8 Å². The maximum Gasteiger partial charge on any atom is 0.131 e. The second kappa shape index (κ2) is 6.85. The molecule has 1 nitrogen and oxygen atoms in total. The molecule has 0 spiro atoms. The first-order valence-electron chi connectivity index (χ1n) is 7.61. The Morgan fingerprint density at radius 1 is 1.05 bits per heavy atom. The van der Waals surface area contributed by atoms with E-state index in [1.54, 1.807) is 6.07 Å². The molecule has 0 aromatic heterocycles. The van der Waals surface area contributed by atoms with Crippen LogP contribution in [0.5, 0.6) is 0 Å². The van der Waals surface area contributed by atoms with E-state index in [-0.39, 0.29) is 11.9 Å². The predicted molar refractivity (Wildman–Crippen MR) is 84.1 cm³/mol. The summed E-state index contributed by atoms with van der Waals surface area (Å²) in [6.07, 6.45) is 4.59. The van der Waals surface area contributed by atoms with Crippen molar-refractivity contribution in [2.75, 3.05) is 0 Å². The summed E-state index contributed by atoms with van der Waals surface area (Å²) in [5.41, 5.74) is 7.56. The van der Waals surface area contributed by atoms with Crippen LogP contribution in [-0.2, 0) is 0 Å². The van der Waals surface area contributed by atoms with Gasteiger partial charge in [-0.1, -0.05) is 63.4 Å². The molecule has 0 heterocycles. The summed E-state index contributed by atoms with van der Waals surface area (Å²) in [4.78, 5) is 0. The Labute approximate surface area is 121 Å². The van der Waals surface area contributed by atoms with E-state index in [2.05, 4.69) is 13.8 Å². The standard InChI is InChI=1S/C18H24FN/c1-3-5-8-13(4-2)18(20)16-11-12-17(19)15-10-7-6-9-14(15)16/h6-7,9-13,18H,3-5,8,20H2,1-2H3. The third-order valence-electron chi connectivity index (χ3n) is 4.22. The highest BCUT2D eigenvalue weighted by molar-refractivity contribution is 5.86. The molecule has 2 heteroatoms. The first kappa shape index (κ1) is 15.0. The molecule has 0 amide bonds. The van der Waals surface area contributed by atoms with Crippen molar-refractivity contribution in [2.45, 2.75) is 45.6 Å². The lowest BCUT2D eigenvalue weighted by Crippen LogP contribution is -2.21. The van der Waals surface area contributed by atoms with Crippen molar-refractivity contribution in [3.8, 4) is 0 Å². The van der Waals surface area contributed by atoms with E-state index in [9.17, 15) is 4.39 Å². The van der Waals surface area contributed by atoms with Gasteiger partial charge in [0.15, 0.2) is 0 Å². The molecule has 2 unspecified atom stereocenters. The van der Waals surface area contributed by atoms with E-state index in [1.165, 1.54) is 12.8 Å². The van der Waals surface area contributed by atoms with Crippen molar-refractivity contribution in [1.82, 2.24) is 0 Å². The Morgan fingerprint density at radius 3 is 2.40 bits per heavy atom. The quantitative estimate of drug-likeness (QED) is 0.769. The van der Waals surface area contributed by atoms with E-state index in [0.29, 0.717) is 11.3 Å². The van der Waals surface area contributed by atoms with E-state index in [0.717, 1.165) is 23.8 Å². The Hall–Kier alpha value is -1.41. The molecule has 2 rings (SSSR count). The molecule has 0 aliphatic carbocycles. The van der Waals surface area contributed by atoms with Gasteiger partial charge in [0.1, 0.15) is 5.82 Å². The summed E-state index contributed by atoms with van der Waals surface area (Å²) in [5.74, 6) is 0.293. The highest BCUT2D eigenvalue weighted by atomic mass is 19.1. The number of hydrogen-bond donors (Lipinski definition) is 1. The van der Waals surface area contributed by atoms with Gasteiger partial charge in [-0.2, -0.15) is 0 Å². The summed E-state index contributed by atoms with van der Waals surface area (Å²) in [6.45, 7) is 4.39. The van der Waals surface area contributed by atoms with E-state index >= 15 is 0 Å². The van der Waals surface area contributed by atoms with E-state index < -0.39 is 0 Å². The van der Waals surface area contributed by atoms with E-state index in [4.69, 9.17) is 5.73 Å². The highest BCUT2D eigenvalue weighted by Gasteiger charge is 2.20. The number of nitrogens with two attached hydrogens (primary N) is 1. The zero-order valence-corrected chi connectivity index (χ0v) is 12.4. The smallest absolute Gasteiger partial charge is 0.131 e. The van der Waals surface area contributed by atoms with Gasteiger partial charge in [0.2, 0.25) is 0 Å². The molecule has 0 radical (unpaired) electrons. The number of unbranched alkanes of at least 4 members (excludes halogenated alkanes) is 1. The van der Waals surface area contributed by atoms with Crippen LogP contribution in [0.2, 0.25) is 0 Å². The Bertz CT molecular complexity index is 564. The molecule has 2 atom stereocenters. The average molecular weight is 273 g/mol. The lowest BCUT2D eigenvalue weighted by molar-refractivity contribution is 0.379. The molecule has 0 fully saturated rings. The van der Waals surface area contributed by atoms with Gasteiger partial charge in [0.25, 0.3) is 0 Å². The van der Waals surface area contributed by atoms with Crippen LogP contribution in [0, 0.1) is 11.7 Å². The largest absolute Gasteiger partial charge is 0.324 e. The van der Waals surface area contributed by atoms with Crippen molar-refractivity contribution >= 4 is 10.8 Å². The van der Waals surface area contributed by atoms with Crippen LogP contribution in [0.15, 0.2) is 36.4 Å². The third-order valence-corrected chi connectivity index (χ3v) is 4.22. The fraction of sp³-hybridized carbons (Fsp3) is 0.444. The second-order valence-corrected chi connectivity index (χ2v) is 5.52. The van der Waals surface area contributed by atoms with Crippen molar-refractivity contribution in [2.24, 2.45) is 11.7 Å². The van der Waals surface area contributed by atoms with Crippen LogP contribution in [-0.4, -0.2) is 0 Å². The molecule has 0 aliphatic rings. The maximum atomic E-state index is 13.9. The molecular weight excluding hydrogens is 249 g/mol. The van der Waals surface area contributed by atoms with Crippen molar-refractivity contribution in [3.05, 3.63) is 47.8 Å². The minimum absolute atomic E-state index is 0.0166. The third kappa shape index (κ3) is 3.01. The number of hydrogen-bond acceptors (Lipinski definition) is 1.